The quantitative estimate of drug-likeness (QED) is 0.639. The van der Waals surface area contributed by atoms with E-state index in [-0.39, 0.29) is 0 Å². The van der Waals surface area contributed by atoms with E-state index in [0.717, 1.165) is 25.1 Å². The molecule has 3 heteroatoms. The molecule has 0 atom stereocenters. The molecule has 0 saturated carbocycles. The second-order valence-electron chi connectivity index (χ2n) is 2.93. The lowest BCUT2D eigenvalue weighted by Gasteiger charge is -2.17. The van der Waals surface area contributed by atoms with Gasteiger partial charge in [-0.15, -0.1) is 4.91 Å². The molecular formula is C9H10N2O. The number of nitrogens with zero attached hydrogens (tertiary/aromatic N) is 1. The molecule has 3 nitrogen and oxygen atoms in total. The highest BCUT2D eigenvalue weighted by atomic mass is 16.3. The SMILES string of the molecule is O=Nc1cccc2c1CCNC2. The Hall–Kier alpha value is -1.22. The summed E-state index contributed by atoms with van der Waals surface area (Å²) in [7, 11) is 0. The minimum Gasteiger partial charge on any atom is -0.312 e. The summed E-state index contributed by atoms with van der Waals surface area (Å²) in [6.07, 6.45) is 0.914. The van der Waals surface area contributed by atoms with Gasteiger partial charge in [-0.05, 0) is 35.3 Å². The molecule has 62 valence electrons. The van der Waals surface area contributed by atoms with Crippen molar-refractivity contribution in [3.8, 4) is 0 Å². The monoisotopic (exact) mass is 162 g/mol. The lowest BCUT2D eigenvalue weighted by atomic mass is 9.99. The molecule has 0 unspecified atom stereocenters. The van der Waals surface area contributed by atoms with Crippen LogP contribution in [-0.2, 0) is 13.0 Å². The highest BCUT2D eigenvalue weighted by Gasteiger charge is 2.11. The van der Waals surface area contributed by atoms with Crippen LogP contribution < -0.4 is 5.32 Å². The van der Waals surface area contributed by atoms with E-state index in [9.17, 15) is 4.91 Å². The standard InChI is InChI=1S/C9H10N2O/c12-11-9-3-1-2-7-6-10-5-4-8(7)9/h1-3,10H,4-6H2. The van der Waals surface area contributed by atoms with Crippen LogP contribution in [0.15, 0.2) is 23.4 Å². The summed E-state index contributed by atoms with van der Waals surface area (Å²) in [6.45, 7) is 1.80. The van der Waals surface area contributed by atoms with Gasteiger partial charge >= 0.3 is 0 Å². The molecule has 0 fully saturated rings. The topological polar surface area (TPSA) is 41.5 Å². The van der Waals surface area contributed by atoms with Gasteiger partial charge in [0.2, 0.25) is 0 Å². The van der Waals surface area contributed by atoms with Gasteiger partial charge in [0, 0.05) is 6.54 Å². The molecular weight excluding hydrogens is 152 g/mol. The van der Waals surface area contributed by atoms with E-state index in [1.54, 1.807) is 6.07 Å². The molecule has 1 N–H and O–H groups in total. The molecule has 1 aliphatic heterocycles. The van der Waals surface area contributed by atoms with Gasteiger partial charge in [-0.1, -0.05) is 12.1 Å². The minimum atomic E-state index is 0.606. The van der Waals surface area contributed by atoms with Gasteiger partial charge in [0.05, 0.1) is 0 Å². The predicted molar refractivity (Wildman–Crippen MR) is 47.3 cm³/mol. The fraction of sp³-hybridized carbons (Fsp3) is 0.333. The second kappa shape index (κ2) is 3.03. The van der Waals surface area contributed by atoms with E-state index >= 15 is 0 Å². The number of nitroso groups, excluding NO2 is 1. The molecule has 0 aliphatic carbocycles. The summed E-state index contributed by atoms with van der Waals surface area (Å²) in [5, 5.41) is 6.25. The maximum absolute atomic E-state index is 10.4. The zero-order chi connectivity index (χ0) is 8.39. The third-order valence-corrected chi connectivity index (χ3v) is 2.21. The Kier molecular flexibility index (Phi) is 1.87. The smallest absolute Gasteiger partial charge is 0.111 e. The average Bonchev–Trinajstić information content (AvgIpc) is 2.17. The third kappa shape index (κ3) is 1.12. The molecule has 1 aromatic rings. The number of rotatable bonds is 1. The van der Waals surface area contributed by atoms with E-state index in [1.807, 2.05) is 12.1 Å². The fourth-order valence-electron chi connectivity index (χ4n) is 1.60. The van der Waals surface area contributed by atoms with Crippen molar-refractivity contribution in [1.29, 1.82) is 0 Å². The van der Waals surface area contributed by atoms with Crippen LogP contribution in [0, 0.1) is 4.91 Å². The number of fused-ring (bicyclic) bond motifs is 1. The maximum atomic E-state index is 10.4. The van der Waals surface area contributed by atoms with Crippen molar-refractivity contribution in [2.45, 2.75) is 13.0 Å². The first-order valence-corrected chi connectivity index (χ1v) is 4.06. The lowest BCUT2D eigenvalue weighted by molar-refractivity contribution is 0.644. The molecule has 0 bridgehead atoms. The van der Waals surface area contributed by atoms with Crippen LogP contribution in [0.4, 0.5) is 5.69 Å². The minimum absolute atomic E-state index is 0.606. The Morgan fingerprint density at radius 3 is 3.17 bits per heavy atom. The van der Waals surface area contributed by atoms with Crippen LogP contribution in [0.1, 0.15) is 11.1 Å². The highest BCUT2D eigenvalue weighted by molar-refractivity contribution is 5.51. The van der Waals surface area contributed by atoms with Crippen molar-refractivity contribution in [1.82, 2.24) is 5.32 Å². The van der Waals surface area contributed by atoms with Gasteiger partial charge in [-0.25, -0.2) is 0 Å². The summed E-state index contributed by atoms with van der Waals surface area (Å²) in [4.78, 5) is 10.4. The zero-order valence-corrected chi connectivity index (χ0v) is 6.71. The molecule has 1 aromatic carbocycles. The molecule has 2 rings (SSSR count). The number of hydrogen-bond acceptors (Lipinski definition) is 3. The predicted octanol–water partition coefficient (Wildman–Crippen LogP) is 1.73. The van der Waals surface area contributed by atoms with E-state index in [0.29, 0.717) is 5.69 Å². The first-order valence-electron chi connectivity index (χ1n) is 4.06. The van der Waals surface area contributed by atoms with Crippen molar-refractivity contribution < 1.29 is 0 Å². The molecule has 0 spiro atoms. The van der Waals surface area contributed by atoms with Crippen LogP contribution >= 0.6 is 0 Å². The first kappa shape index (κ1) is 7.43. The summed E-state index contributed by atoms with van der Waals surface area (Å²) >= 11 is 0. The number of hydrogen-bond donors (Lipinski definition) is 1. The van der Waals surface area contributed by atoms with Gasteiger partial charge in [0.1, 0.15) is 5.69 Å². The van der Waals surface area contributed by atoms with Crippen LogP contribution in [-0.4, -0.2) is 6.54 Å². The normalized spacial score (nSPS) is 15.3. The fourth-order valence-corrected chi connectivity index (χ4v) is 1.60. The van der Waals surface area contributed by atoms with Gasteiger partial charge in [0.25, 0.3) is 0 Å². The molecule has 0 amide bonds. The van der Waals surface area contributed by atoms with Crippen molar-refractivity contribution in [3.63, 3.8) is 0 Å². The number of benzene rings is 1. The number of nitrogens with one attached hydrogen (secondary N) is 1. The van der Waals surface area contributed by atoms with Crippen LogP contribution in [0.2, 0.25) is 0 Å². The van der Waals surface area contributed by atoms with Gasteiger partial charge in [0.15, 0.2) is 0 Å². The van der Waals surface area contributed by atoms with E-state index in [2.05, 4.69) is 10.5 Å². The van der Waals surface area contributed by atoms with E-state index < -0.39 is 0 Å². The molecule has 1 heterocycles. The second-order valence-corrected chi connectivity index (χ2v) is 2.93. The van der Waals surface area contributed by atoms with Crippen molar-refractivity contribution in [2.75, 3.05) is 6.54 Å². The summed E-state index contributed by atoms with van der Waals surface area (Å²) < 4.78 is 0. The Morgan fingerprint density at radius 1 is 1.42 bits per heavy atom. The van der Waals surface area contributed by atoms with E-state index in [1.165, 1.54) is 5.56 Å². The Bertz CT molecular complexity index is 309. The Morgan fingerprint density at radius 2 is 2.33 bits per heavy atom. The van der Waals surface area contributed by atoms with Crippen molar-refractivity contribution >= 4 is 5.69 Å². The largest absolute Gasteiger partial charge is 0.312 e. The zero-order valence-electron chi connectivity index (χ0n) is 6.71. The third-order valence-electron chi connectivity index (χ3n) is 2.21. The van der Waals surface area contributed by atoms with Crippen molar-refractivity contribution in [2.24, 2.45) is 5.18 Å². The van der Waals surface area contributed by atoms with Crippen LogP contribution in [0.5, 0.6) is 0 Å². The lowest BCUT2D eigenvalue weighted by Crippen LogP contribution is -2.23. The average molecular weight is 162 g/mol. The molecule has 12 heavy (non-hydrogen) atoms. The first-order chi connectivity index (χ1) is 5.92. The highest BCUT2D eigenvalue weighted by Crippen LogP contribution is 2.24. The van der Waals surface area contributed by atoms with Gasteiger partial charge in [-0.2, -0.15) is 0 Å². The van der Waals surface area contributed by atoms with Gasteiger partial charge in [-0.3, -0.25) is 0 Å². The summed E-state index contributed by atoms with van der Waals surface area (Å²) in [5.41, 5.74) is 2.93. The molecule has 1 aliphatic rings. The van der Waals surface area contributed by atoms with Crippen molar-refractivity contribution in [3.05, 3.63) is 34.2 Å². The van der Waals surface area contributed by atoms with Gasteiger partial charge < -0.3 is 5.32 Å². The summed E-state index contributed by atoms with van der Waals surface area (Å²) in [5.74, 6) is 0. The molecule has 0 radical (unpaired) electrons. The summed E-state index contributed by atoms with van der Waals surface area (Å²) in [6, 6.07) is 5.69. The Balaban J connectivity index is 2.51. The van der Waals surface area contributed by atoms with E-state index in [4.69, 9.17) is 0 Å². The maximum Gasteiger partial charge on any atom is 0.111 e. The molecule has 0 aromatic heterocycles. The molecule has 0 saturated heterocycles. The van der Waals surface area contributed by atoms with Crippen LogP contribution in [0.3, 0.4) is 0 Å². The Labute approximate surface area is 70.8 Å². The van der Waals surface area contributed by atoms with Crippen LogP contribution in [0.25, 0.3) is 0 Å².